The largest absolute Gasteiger partial charge is 0.370 e. The van der Waals surface area contributed by atoms with Gasteiger partial charge in [-0.05, 0) is 45.4 Å². The summed E-state index contributed by atoms with van der Waals surface area (Å²) >= 11 is 0. The first kappa shape index (κ1) is 13.5. The third-order valence-corrected chi connectivity index (χ3v) is 3.64. The van der Waals surface area contributed by atoms with E-state index in [9.17, 15) is 4.79 Å². The van der Waals surface area contributed by atoms with E-state index in [0.717, 1.165) is 5.92 Å². The van der Waals surface area contributed by atoms with Crippen LogP contribution in [0.25, 0.3) is 0 Å². The molecule has 1 aliphatic rings. The molecule has 16 heavy (non-hydrogen) atoms. The lowest BCUT2D eigenvalue weighted by Gasteiger charge is -2.35. The zero-order chi connectivity index (χ0) is 12.2. The van der Waals surface area contributed by atoms with E-state index < -0.39 is 0 Å². The van der Waals surface area contributed by atoms with E-state index in [2.05, 4.69) is 26.1 Å². The number of nitrogens with one attached hydrogen (secondary N) is 1. The molecule has 0 spiro atoms. The van der Waals surface area contributed by atoms with Crippen molar-refractivity contribution in [2.45, 2.75) is 70.9 Å². The Morgan fingerprint density at radius 1 is 1.31 bits per heavy atom. The van der Waals surface area contributed by atoms with Gasteiger partial charge in [0.1, 0.15) is 0 Å². The van der Waals surface area contributed by atoms with Crippen LogP contribution in [0, 0.1) is 5.92 Å². The van der Waals surface area contributed by atoms with Crippen molar-refractivity contribution in [1.29, 1.82) is 0 Å². The predicted octanol–water partition coefficient (Wildman–Crippen LogP) is 2.20. The lowest BCUT2D eigenvalue weighted by molar-refractivity contribution is -0.119. The van der Waals surface area contributed by atoms with Crippen LogP contribution in [-0.4, -0.2) is 17.5 Å². The van der Waals surface area contributed by atoms with Crippen LogP contribution in [0.4, 0.5) is 0 Å². The fraction of sp³-hybridized carbons (Fsp3) is 0.923. The molecular weight excluding hydrogens is 200 g/mol. The van der Waals surface area contributed by atoms with Gasteiger partial charge in [0.15, 0.2) is 0 Å². The first-order valence-electron chi connectivity index (χ1n) is 6.49. The normalized spacial score (nSPS) is 26.7. The number of amides is 1. The van der Waals surface area contributed by atoms with E-state index in [4.69, 9.17) is 5.73 Å². The second-order valence-electron chi connectivity index (χ2n) is 5.80. The minimum Gasteiger partial charge on any atom is -0.370 e. The first-order valence-corrected chi connectivity index (χ1v) is 6.49. The molecule has 0 bridgehead atoms. The molecule has 0 heterocycles. The minimum atomic E-state index is -0.222. The Bertz CT molecular complexity index is 230. The topological polar surface area (TPSA) is 55.1 Å². The molecule has 1 fully saturated rings. The Kier molecular flexibility index (Phi) is 4.78. The Hall–Kier alpha value is -0.570. The molecule has 3 nitrogen and oxygen atoms in total. The van der Waals surface area contributed by atoms with E-state index in [1.165, 1.54) is 32.1 Å². The number of carbonyl (C=O) groups is 1. The Balaban J connectivity index is 2.35. The molecule has 0 radical (unpaired) electrons. The van der Waals surface area contributed by atoms with Crippen LogP contribution in [0.15, 0.2) is 0 Å². The number of primary amides is 1. The number of rotatable bonds is 5. The van der Waals surface area contributed by atoms with Crippen LogP contribution in [0.2, 0.25) is 0 Å². The standard InChI is InChI=1S/C13H26N2O/c1-4-10-5-7-11(8-6-10)15-13(2,3)9-12(14)16/h10-11,15H,4-9H2,1-3H3,(H2,14,16). The Morgan fingerprint density at radius 3 is 2.31 bits per heavy atom. The van der Waals surface area contributed by atoms with Crippen LogP contribution in [0.3, 0.4) is 0 Å². The third-order valence-electron chi connectivity index (χ3n) is 3.64. The summed E-state index contributed by atoms with van der Waals surface area (Å²) in [5, 5.41) is 3.57. The fourth-order valence-electron chi connectivity index (χ4n) is 2.75. The molecule has 1 amide bonds. The molecule has 0 aromatic carbocycles. The van der Waals surface area contributed by atoms with Crippen molar-refractivity contribution in [3.63, 3.8) is 0 Å². The van der Waals surface area contributed by atoms with Crippen LogP contribution in [0.5, 0.6) is 0 Å². The molecule has 3 N–H and O–H groups in total. The van der Waals surface area contributed by atoms with Gasteiger partial charge in [-0.1, -0.05) is 13.3 Å². The smallest absolute Gasteiger partial charge is 0.219 e. The highest BCUT2D eigenvalue weighted by Gasteiger charge is 2.27. The fourth-order valence-corrected chi connectivity index (χ4v) is 2.75. The van der Waals surface area contributed by atoms with Gasteiger partial charge in [0.2, 0.25) is 5.91 Å². The van der Waals surface area contributed by atoms with Gasteiger partial charge in [0, 0.05) is 18.0 Å². The van der Waals surface area contributed by atoms with E-state index >= 15 is 0 Å². The minimum absolute atomic E-state index is 0.157. The van der Waals surface area contributed by atoms with E-state index in [1.54, 1.807) is 0 Å². The average molecular weight is 226 g/mol. The molecule has 1 rings (SSSR count). The van der Waals surface area contributed by atoms with Crippen molar-refractivity contribution in [2.75, 3.05) is 0 Å². The summed E-state index contributed by atoms with van der Waals surface area (Å²) in [6.07, 6.45) is 6.83. The Morgan fingerprint density at radius 2 is 1.88 bits per heavy atom. The second kappa shape index (κ2) is 5.67. The van der Waals surface area contributed by atoms with Gasteiger partial charge >= 0.3 is 0 Å². The van der Waals surface area contributed by atoms with Gasteiger partial charge in [0.25, 0.3) is 0 Å². The number of hydrogen-bond donors (Lipinski definition) is 2. The van der Waals surface area contributed by atoms with Gasteiger partial charge in [-0.2, -0.15) is 0 Å². The molecule has 3 heteroatoms. The summed E-state index contributed by atoms with van der Waals surface area (Å²) in [4.78, 5) is 10.9. The summed E-state index contributed by atoms with van der Waals surface area (Å²) < 4.78 is 0. The molecule has 0 unspecified atom stereocenters. The molecule has 94 valence electrons. The summed E-state index contributed by atoms with van der Waals surface area (Å²) in [6, 6.07) is 0.567. The van der Waals surface area contributed by atoms with Gasteiger partial charge in [-0.15, -0.1) is 0 Å². The van der Waals surface area contributed by atoms with Crippen molar-refractivity contribution in [3.8, 4) is 0 Å². The van der Waals surface area contributed by atoms with Gasteiger partial charge in [-0.25, -0.2) is 0 Å². The SMILES string of the molecule is CCC1CCC(NC(C)(C)CC(N)=O)CC1. The van der Waals surface area contributed by atoms with Crippen molar-refractivity contribution in [1.82, 2.24) is 5.32 Å². The highest BCUT2D eigenvalue weighted by atomic mass is 16.1. The lowest BCUT2D eigenvalue weighted by atomic mass is 9.83. The molecule has 0 aromatic heterocycles. The summed E-state index contributed by atoms with van der Waals surface area (Å²) in [6.45, 7) is 6.39. The molecule has 1 aliphatic carbocycles. The lowest BCUT2D eigenvalue weighted by Crippen LogP contribution is -2.49. The maximum absolute atomic E-state index is 10.9. The van der Waals surface area contributed by atoms with E-state index in [-0.39, 0.29) is 11.4 Å². The zero-order valence-electron chi connectivity index (χ0n) is 10.9. The first-order chi connectivity index (χ1) is 7.43. The van der Waals surface area contributed by atoms with Gasteiger partial charge in [-0.3, -0.25) is 4.79 Å². The molecule has 0 aliphatic heterocycles. The predicted molar refractivity (Wildman–Crippen MR) is 67.1 cm³/mol. The monoisotopic (exact) mass is 226 g/mol. The molecule has 0 saturated heterocycles. The van der Waals surface area contributed by atoms with Crippen LogP contribution in [-0.2, 0) is 4.79 Å². The maximum Gasteiger partial charge on any atom is 0.219 e. The highest BCUT2D eigenvalue weighted by molar-refractivity contribution is 5.75. The van der Waals surface area contributed by atoms with Crippen LogP contribution in [0.1, 0.15) is 59.3 Å². The van der Waals surface area contributed by atoms with Crippen molar-refractivity contribution in [2.24, 2.45) is 11.7 Å². The zero-order valence-corrected chi connectivity index (χ0v) is 10.9. The van der Waals surface area contributed by atoms with Gasteiger partial charge < -0.3 is 11.1 Å². The highest BCUT2D eigenvalue weighted by Crippen LogP contribution is 2.27. The van der Waals surface area contributed by atoms with Gasteiger partial charge in [0.05, 0.1) is 0 Å². The summed E-state index contributed by atoms with van der Waals surface area (Å²) in [5.74, 6) is 0.692. The molecular formula is C13H26N2O. The molecule has 1 saturated carbocycles. The quantitative estimate of drug-likeness (QED) is 0.755. The number of nitrogens with two attached hydrogens (primary N) is 1. The second-order valence-corrected chi connectivity index (χ2v) is 5.80. The van der Waals surface area contributed by atoms with Crippen molar-refractivity contribution in [3.05, 3.63) is 0 Å². The van der Waals surface area contributed by atoms with Crippen LogP contribution < -0.4 is 11.1 Å². The average Bonchev–Trinajstić information content (AvgIpc) is 2.16. The Labute approximate surface area is 99.2 Å². The molecule has 0 aromatic rings. The van der Waals surface area contributed by atoms with E-state index in [0.29, 0.717) is 12.5 Å². The number of hydrogen-bond acceptors (Lipinski definition) is 2. The van der Waals surface area contributed by atoms with Crippen molar-refractivity contribution < 1.29 is 4.79 Å². The van der Waals surface area contributed by atoms with E-state index in [1.807, 2.05) is 0 Å². The third kappa shape index (κ3) is 4.52. The summed E-state index contributed by atoms with van der Waals surface area (Å²) in [7, 11) is 0. The molecule has 0 atom stereocenters. The van der Waals surface area contributed by atoms with Crippen LogP contribution >= 0.6 is 0 Å². The maximum atomic E-state index is 10.9. The number of carbonyl (C=O) groups excluding carboxylic acids is 1. The van der Waals surface area contributed by atoms with Crippen molar-refractivity contribution >= 4 is 5.91 Å². The summed E-state index contributed by atoms with van der Waals surface area (Å²) in [5.41, 5.74) is 5.09.